The molecule has 0 amide bonds. The number of aryl methyl sites for hydroxylation is 1. The molecule has 0 radical (unpaired) electrons. The van der Waals surface area contributed by atoms with Crippen LogP contribution in [-0.4, -0.2) is 0 Å². The SMILES string of the molecule is Cc1ccc(I)c(C)c1C(F)(F)F. The second-order valence-corrected chi connectivity index (χ2v) is 4.02. The summed E-state index contributed by atoms with van der Waals surface area (Å²) in [6.45, 7) is 2.98. The average molecular weight is 300 g/mol. The van der Waals surface area contributed by atoms with Crippen molar-refractivity contribution in [2.45, 2.75) is 20.0 Å². The maximum Gasteiger partial charge on any atom is 0.416 e. The van der Waals surface area contributed by atoms with Gasteiger partial charge in [-0.15, -0.1) is 0 Å². The van der Waals surface area contributed by atoms with Crippen molar-refractivity contribution in [1.29, 1.82) is 0 Å². The Bertz CT molecular complexity index is 328. The van der Waals surface area contributed by atoms with Gasteiger partial charge in [0.1, 0.15) is 0 Å². The van der Waals surface area contributed by atoms with E-state index in [2.05, 4.69) is 0 Å². The molecule has 13 heavy (non-hydrogen) atoms. The standard InChI is InChI=1S/C9H8F3I/c1-5-3-4-7(13)6(2)8(5)9(10,11)12/h3-4H,1-2H3. The Kier molecular flexibility index (Phi) is 2.89. The van der Waals surface area contributed by atoms with Gasteiger partial charge >= 0.3 is 6.18 Å². The third-order valence-corrected chi connectivity index (χ3v) is 3.06. The third kappa shape index (κ3) is 2.15. The Morgan fingerprint density at radius 2 is 1.69 bits per heavy atom. The van der Waals surface area contributed by atoms with Gasteiger partial charge in [0.05, 0.1) is 5.56 Å². The number of alkyl halides is 3. The van der Waals surface area contributed by atoms with Crippen molar-refractivity contribution in [3.05, 3.63) is 32.4 Å². The molecule has 0 spiro atoms. The van der Waals surface area contributed by atoms with E-state index >= 15 is 0 Å². The highest BCUT2D eigenvalue weighted by molar-refractivity contribution is 14.1. The zero-order chi connectivity index (χ0) is 10.2. The van der Waals surface area contributed by atoms with Crippen LogP contribution in [0.15, 0.2) is 12.1 Å². The number of halogens is 4. The number of hydrogen-bond donors (Lipinski definition) is 0. The van der Waals surface area contributed by atoms with Crippen molar-refractivity contribution in [1.82, 2.24) is 0 Å². The second kappa shape index (κ2) is 3.48. The van der Waals surface area contributed by atoms with Gasteiger partial charge in [0, 0.05) is 3.57 Å². The van der Waals surface area contributed by atoms with E-state index in [4.69, 9.17) is 0 Å². The van der Waals surface area contributed by atoms with Crippen molar-refractivity contribution < 1.29 is 13.2 Å². The Hall–Kier alpha value is -0.260. The first-order valence-corrected chi connectivity index (χ1v) is 4.75. The highest BCUT2D eigenvalue weighted by atomic mass is 127. The van der Waals surface area contributed by atoms with Crippen LogP contribution in [-0.2, 0) is 6.18 Å². The fourth-order valence-corrected chi connectivity index (χ4v) is 1.71. The molecule has 0 aliphatic rings. The number of hydrogen-bond acceptors (Lipinski definition) is 0. The van der Waals surface area contributed by atoms with Gasteiger partial charge in [-0.25, -0.2) is 0 Å². The maximum absolute atomic E-state index is 12.5. The molecular weight excluding hydrogens is 292 g/mol. The molecule has 0 aliphatic heterocycles. The van der Waals surface area contributed by atoms with Crippen molar-refractivity contribution >= 4 is 22.6 Å². The van der Waals surface area contributed by atoms with Crippen molar-refractivity contribution in [2.24, 2.45) is 0 Å². The normalized spacial score (nSPS) is 11.8. The smallest absolute Gasteiger partial charge is 0.166 e. The minimum absolute atomic E-state index is 0.283. The van der Waals surface area contributed by atoms with Crippen molar-refractivity contribution in [3.8, 4) is 0 Å². The van der Waals surface area contributed by atoms with Crippen LogP contribution in [0.1, 0.15) is 16.7 Å². The van der Waals surface area contributed by atoms with Gasteiger partial charge < -0.3 is 0 Å². The van der Waals surface area contributed by atoms with Gasteiger partial charge in [-0.3, -0.25) is 0 Å². The first-order chi connectivity index (χ1) is 5.84. The fourth-order valence-electron chi connectivity index (χ4n) is 1.26. The molecule has 0 heterocycles. The number of benzene rings is 1. The fraction of sp³-hybridized carbons (Fsp3) is 0.333. The predicted octanol–water partition coefficient (Wildman–Crippen LogP) is 3.93. The topological polar surface area (TPSA) is 0 Å². The van der Waals surface area contributed by atoms with Crippen LogP contribution in [0.2, 0.25) is 0 Å². The molecule has 0 atom stereocenters. The molecular formula is C9H8F3I. The van der Waals surface area contributed by atoms with Gasteiger partial charge in [0.15, 0.2) is 0 Å². The molecule has 4 heteroatoms. The Morgan fingerprint density at radius 3 is 2.08 bits per heavy atom. The quantitative estimate of drug-likeness (QED) is 0.637. The van der Waals surface area contributed by atoms with E-state index in [1.54, 1.807) is 6.07 Å². The van der Waals surface area contributed by atoms with E-state index in [0.29, 0.717) is 9.13 Å². The summed E-state index contributed by atoms with van der Waals surface area (Å²) in [6, 6.07) is 3.19. The van der Waals surface area contributed by atoms with E-state index < -0.39 is 11.7 Å². The first kappa shape index (κ1) is 10.8. The minimum Gasteiger partial charge on any atom is -0.166 e. The molecule has 0 saturated carbocycles. The van der Waals surface area contributed by atoms with Crippen LogP contribution in [0, 0.1) is 17.4 Å². The summed E-state index contributed by atoms with van der Waals surface area (Å²) in [5.41, 5.74) is 0.0953. The second-order valence-electron chi connectivity index (χ2n) is 2.86. The van der Waals surface area contributed by atoms with Gasteiger partial charge in [-0.1, -0.05) is 6.07 Å². The van der Waals surface area contributed by atoms with Gasteiger partial charge in [-0.05, 0) is 53.6 Å². The van der Waals surface area contributed by atoms with Gasteiger partial charge in [-0.2, -0.15) is 13.2 Å². The van der Waals surface area contributed by atoms with Crippen LogP contribution in [0.3, 0.4) is 0 Å². The molecule has 1 aromatic carbocycles. The first-order valence-electron chi connectivity index (χ1n) is 3.67. The van der Waals surface area contributed by atoms with Crippen molar-refractivity contribution in [2.75, 3.05) is 0 Å². The summed E-state index contributed by atoms with van der Waals surface area (Å²) in [7, 11) is 0. The zero-order valence-corrected chi connectivity index (χ0v) is 9.32. The average Bonchev–Trinajstić information content (AvgIpc) is 1.95. The summed E-state index contributed by atoms with van der Waals surface area (Å²) in [5, 5.41) is 0. The molecule has 0 fully saturated rings. The molecule has 0 aromatic heterocycles. The van der Waals surface area contributed by atoms with Crippen LogP contribution < -0.4 is 0 Å². The Balaban J connectivity index is 3.43. The van der Waals surface area contributed by atoms with Crippen LogP contribution in [0.25, 0.3) is 0 Å². The lowest BCUT2D eigenvalue weighted by atomic mass is 10.0. The van der Waals surface area contributed by atoms with E-state index in [9.17, 15) is 13.2 Å². The van der Waals surface area contributed by atoms with Gasteiger partial charge in [0.25, 0.3) is 0 Å². The Labute approximate surface area is 88.3 Å². The molecule has 0 saturated heterocycles. The molecule has 72 valence electrons. The van der Waals surface area contributed by atoms with Crippen LogP contribution in [0.4, 0.5) is 13.2 Å². The highest BCUT2D eigenvalue weighted by Crippen LogP contribution is 2.35. The Morgan fingerprint density at radius 1 is 1.15 bits per heavy atom. The maximum atomic E-state index is 12.5. The summed E-state index contributed by atoms with van der Waals surface area (Å²) in [6.07, 6.45) is -4.24. The zero-order valence-electron chi connectivity index (χ0n) is 7.17. The summed E-state index contributed by atoms with van der Waals surface area (Å²) in [4.78, 5) is 0. The third-order valence-electron chi connectivity index (χ3n) is 1.89. The minimum atomic E-state index is -4.24. The summed E-state index contributed by atoms with van der Waals surface area (Å²) < 4.78 is 38.1. The summed E-state index contributed by atoms with van der Waals surface area (Å²) >= 11 is 1.91. The van der Waals surface area contributed by atoms with Crippen LogP contribution >= 0.6 is 22.6 Å². The monoisotopic (exact) mass is 300 g/mol. The lowest BCUT2D eigenvalue weighted by Crippen LogP contribution is -2.10. The molecule has 1 rings (SSSR count). The molecule has 0 N–H and O–H groups in total. The van der Waals surface area contributed by atoms with E-state index in [0.717, 1.165) is 0 Å². The number of rotatable bonds is 0. The van der Waals surface area contributed by atoms with Crippen molar-refractivity contribution in [3.63, 3.8) is 0 Å². The molecule has 0 nitrogen and oxygen atoms in total. The molecule has 1 aromatic rings. The van der Waals surface area contributed by atoms with E-state index in [1.807, 2.05) is 22.6 Å². The largest absolute Gasteiger partial charge is 0.416 e. The van der Waals surface area contributed by atoms with E-state index in [-0.39, 0.29) is 5.56 Å². The molecule has 0 aliphatic carbocycles. The van der Waals surface area contributed by atoms with E-state index in [1.165, 1.54) is 19.9 Å². The van der Waals surface area contributed by atoms with Crippen LogP contribution in [0.5, 0.6) is 0 Å². The highest BCUT2D eigenvalue weighted by Gasteiger charge is 2.34. The molecule has 0 unspecified atom stereocenters. The molecule has 0 bridgehead atoms. The predicted molar refractivity (Wildman–Crippen MR) is 53.6 cm³/mol. The lowest BCUT2D eigenvalue weighted by molar-refractivity contribution is -0.138. The lowest BCUT2D eigenvalue weighted by Gasteiger charge is -2.14. The van der Waals surface area contributed by atoms with Gasteiger partial charge in [0.2, 0.25) is 0 Å². The summed E-state index contributed by atoms with van der Waals surface area (Å²) in [5.74, 6) is 0.